The minimum absolute atomic E-state index is 0.476. The highest BCUT2D eigenvalue weighted by Gasteiger charge is 2.12. The van der Waals surface area contributed by atoms with Crippen molar-refractivity contribution in [2.24, 2.45) is 0 Å². The largest absolute Gasteiger partial charge is 0.480 e. The van der Waals surface area contributed by atoms with E-state index in [0.29, 0.717) is 5.88 Å². The standard InChI is InChI=1S/C18H17N3O3/c1-19-24-17(22)11-14(12-6-4-3-5-7-12)13-8-9-16-15(10-13)18(23-2)21-20-16/h3-11,19H,1-2H3,(H,20,21). The van der Waals surface area contributed by atoms with Gasteiger partial charge in [-0.2, -0.15) is 5.48 Å². The van der Waals surface area contributed by atoms with Gasteiger partial charge in [-0.05, 0) is 28.8 Å². The maximum atomic E-state index is 11.9. The number of aromatic amines is 1. The van der Waals surface area contributed by atoms with Crippen molar-refractivity contribution in [3.8, 4) is 5.88 Å². The zero-order chi connectivity index (χ0) is 16.9. The van der Waals surface area contributed by atoms with Crippen molar-refractivity contribution in [2.75, 3.05) is 14.2 Å². The molecule has 3 aromatic rings. The lowest BCUT2D eigenvalue weighted by molar-refractivity contribution is -0.143. The van der Waals surface area contributed by atoms with E-state index in [2.05, 4.69) is 15.7 Å². The smallest absolute Gasteiger partial charge is 0.350 e. The van der Waals surface area contributed by atoms with E-state index in [-0.39, 0.29) is 0 Å². The molecule has 0 unspecified atom stereocenters. The molecule has 0 atom stereocenters. The van der Waals surface area contributed by atoms with Crippen LogP contribution in [0.25, 0.3) is 16.5 Å². The second-order valence-corrected chi connectivity index (χ2v) is 5.04. The first-order valence-corrected chi connectivity index (χ1v) is 7.40. The summed E-state index contributed by atoms with van der Waals surface area (Å²) in [6.45, 7) is 0. The van der Waals surface area contributed by atoms with E-state index in [0.717, 1.165) is 27.6 Å². The van der Waals surface area contributed by atoms with Gasteiger partial charge in [0, 0.05) is 13.1 Å². The molecule has 122 valence electrons. The average Bonchev–Trinajstić information content (AvgIpc) is 3.03. The van der Waals surface area contributed by atoms with Crippen molar-refractivity contribution in [2.45, 2.75) is 0 Å². The van der Waals surface area contributed by atoms with Crippen LogP contribution in [0.2, 0.25) is 0 Å². The van der Waals surface area contributed by atoms with Crippen molar-refractivity contribution < 1.29 is 14.4 Å². The number of hydrogen-bond donors (Lipinski definition) is 2. The van der Waals surface area contributed by atoms with Crippen molar-refractivity contribution in [1.29, 1.82) is 0 Å². The molecule has 2 N–H and O–H groups in total. The van der Waals surface area contributed by atoms with E-state index in [1.807, 2.05) is 48.5 Å². The topological polar surface area (TPSA) is 76.2 Å². The van der Waals surface area contributed by atoms with Crippen LogP contribution in [-0.2, 0) is 9.63 Å². The van der Waals surface area contributed by atoms with Gasteiger partial charge in [-0.25, -0.2) is 4.79 Å². The second-order valence-electron chi connectivity index (χ2n) is 5.04. The van der Waals surface area contributed by atoms with Gasteiger partial charge in [0.05, 0.1) is 18.0 Å². The number of H-pyrrole nitrogens is 1. The van der Waals surface area contributed by atoms with Crippen LogP contribution < -0.4 is 10.2 Å². The molecule has 3 rings (SSSR count). The maximum absolute atomic E-state index is 11.9. The average molecular weight is 323 g/mol. The fourth-order valence-corrected chi connectivity index (χ4v) is 2.51. The molecule has 0 spiro atoms. The van der Waals surface area contributed by atoms with Crippen molar-refractivity contribution in [3.05, 3.63) is 65.7 Å². The lowest BCUT2D eigenvalue weighted by Crippen LogP contribution is -2.13. The molecule has 1 aromatic heterocycles. The summed E-state index contributed by atoms with van der Waals surface area (Å²) in [6, 6.07) is 15.4. The summed E-state index contributed by atoms with van der Waals surface area (Å²) in [5, 5.41) is 7.87. The molecule has 2 aromatic carbocycles. The Morgan fingerprint density at radius 3 is 2.67 bits per heavy atom. The zero-order valence-electron chi connectivity index (χ0n) is 13.4. The van der Waals surface area contributed by atoms with Crippen LogP contribution >= 0.6 is 0 Å². The Morgan fingerprint density at radius 1 is 1.17 bits per heavy atom. The molecule has 0 aliphatic rings. The molecule has 1 heterocycles. The fraction of sp³-hybridized carbons (Fsp3) is 0.111. The summed E-state index contributed by atoms with van der Waals surface area (Å²) in [6.07, 6.45) is 1.46. The summed E-state index contributed by atoms with van der Waals surface area (Å²) in [5.74, 6) is 0.0349. The van der Waals surface area contributed by atoms with E-state index >= 15 is 0 Å². The summed E-state index contributed by atoms with van der Waals surface area (Å²) in [4.78, 5) is 16.8. The minimum atomic E-state index is -0.476. The van der Waals surface area contributed by atoms with Crippen LogP contribution in [0.4, 0.5) is 0 Å². The number of fused-ring (bicyclic) bond motifs is 1. The SMILES string of the molecule is CNOC(=O)C=C(c1ccccc1)c1ccc2[nH]nc(OC)c2c1. The van der Waals surface area contributed by atoms with Crippen LogP contribution in [0.3, 0.4) is 0 Å². The third kappa shape index (κ3) is 3.13. The number of rotatable bonds is 5. The van der Waals surface area contributed by atoms with Gasteiger partial charge in [-0.3, -0.25) is 5.10 Å². The number of nitrogens with one attached hydrogen (secondary N) is 2. The van der Waals surface area contributed by atoms with Gasteiger partial charge in [0.2, 0.25) is 5.88 Å². The van der Waals surface area contributed by atoms with Crippen LogP contribution in [-0.4, -0.2) is 30.3 Å². The molecule has 0 bridgehead atoms. The Labute approximate surface area is 139 Å². The van der Waals surface area contributed by atoms with Gasteiger partial charge in [0.15, 0.2) is 0 Å². The Kier molecular flexibility index (Phi) is 4.58. The number of methoxy groups -OCH3 is 1. The number of ether oxygens (including phenoxy) is 1. The van der Waals surface area contributed by atoms with Crippen molar-refractivity contribution >= 4 is 22.4 Å². The van der Waals surface area contributed by atoms with Gasteiger partial charge in [0.1, 0.15) is 0 Å². The quantitative estimate of drug-likeness (QED) is 0.558. The van der Waals surface area contributed by atoms with E-state index in [9.17, 15) is 4.79 Å². The van der Waals surface area contributed by atoms with Crippen molar-refractivity contribution in [1.82, 2.24) is 15.7 Å². The summed E-state index contributed by atoms with van der Waals surface area (Å²) in [7, 11) is 3.11. The Morgan fingerprint density at radius 2 is 1.96 bits per heavy atom. The number of carbonyl (C=O) groups excluding carboxylic acids is 1. The molecule has 0 radical (unpaired) electrons. The minimum Gasteiger partial charge on any atom is -0.480 e. The highest BCUT2D eigenvalue weighted by molar-refractivity contribution is 5.98. The Balaban J connectivity index is 2.13. The van der Waals surface area contributed by atoms with Crippen LogP contribution in [0, 0.1) is 0 Å². The molecule has 0 saturated heterocycles. The van der Waals surface area contributed by atoms with Gasteiger partial charge in [0.25, 0.3) is 0 Å². The normalized spacial score (nSPS) is 11.5. The predicted molar refractivity (Wildman–Crippen MR) is 91.3 cm³/mol. The first-order valence-electron chi connectivity index (χ1n) is 7.40. The molecule has 24 heavy (non-hydrogen) atoms. The fourth-order valence-electron chi connectivity index (χ4n) is 2.51. The molecule has 0 aliphatic carbocycles. The van der Waals surface area contributed by atoms with Gasteiger partial charge >= 0.3 is 5.97 Å². The zero-order valence-corrected chi connectivity index (χ0v) is 13.4. The monoisotopic (exact) mass is 323 g/mol. The molecule has 0 amide bonds. The summed E-state index contributed by atoms with van der Waals surface area (Å²) in [5.41, 5.74) is 5.78. The van der Waals surface area contributed by atoms with E-state index < -0.39 is 5.97 Å². The summed E-state index contributed by atoms with van der Waals surface area (Å²) >= 11 is 0. The number of hydrogen-bond acceptors (Lipinski definition) is 5. The third-order valence-electron chi connectivity index (χ3n) is 3.58. The van der Waals surface area contributed by atoms with Gasteiger partial charge in [-0.15, -0.1) is 5.10 Å². The van der Waals surface area contributed by atoms with Gasteiger partial charge < -0.3 is 9.57 Å². The Bertz CT molecular complexity index is 885. The molecule has 0 aliphatic heterocycles. The molecule has 0 saturated carbocycles. The van der Waals surface area contributed by atoms with E-state index in [1.165, 1.54) is 13.1 Å². The number of hydroxylamine groups is 1. The molecule has 6 heteroatoms. The predicted octanol–water partition coefficient (Wildman–Crippen LogP) is 2.68. The van der Waals surface area contributed by atoms with E-state index in [4.69, 9.17) is 9.57 Å². The first kappa shape index (κ1) is 15.8. The van der Waals surface area contributed by atoms with Crippen LogP contribution in [0.15, 0.2) is 54.6 Å². The third-order valence-corrected chi connectivity index (χ3v) is 3.58. The first-order chi connectivity index (χ1) is 11.7. The number of nitrogens with zero attached hydrogens (tertiary/aromatic N) is 1. The molecule has 0 fully saturated rings. The number of benzene rings is 2. The Hall–Kier alpha value is -3.12. The molecule has 6 nitrogen and oxygen atoms in total. The highest BCUT2D eigenvalue weighted by atomic mass is 16.7. The number of aromatic nitrogens is 2. The van der Waals surface area contributed by atoms with Crippen molar-refractivity contribution in [3.63, 3.8) is 0 Å². The maximum Gasteiger partial charge on any atom is 0.350 e. The lowest BCUT2D eigenvalue weighted by Gasteiger charge is -2.09. The van der Waals surface area contributed by atoms with Crippen LogP contribution in [0.1, 0.15) is 11.1 Å². The second kappa shape index (κ2) is 6.97. The molecular weight excluding hydrogens is 306 g/mol. The number of carbonyl (C=O) groups is 1. The van der Waals surface area contributed by atoms with Crippen LogP contribution in [0.5, 0.6) is 5.88 Å². The lowest BCUT2D eigenvalue weighted by atomic mass is 9.96. The van der Waals surface area contributed by atoms with Gasteiger partial charge in [-0.1, -0.05) is 36.4 Å². The highest BCUT2D eigenvalue weighted by Crippen LogP contribution is 2.29. The molecular formula is C18H17N3O3. The van der Waals surface area contributed by atoms with E-state index in [1.54, 1.807) is 7.11 Å². The summed E-state index contributed by atoms with van der Waals surface area (Å²) < 4.78 is 5.26.